The predicted octanol–water partition coefficient (Wildman–Crippen LogP) is 1.55. The van der Waals surface area contributed by atoms with E-state index < -0.39 is 0 Å². The van der Waals surface area contributed by atoms with Crippen LogP contribution in [0.1, 0.15) is 39.5 Å². The van der Waals surface area contributed by atoms with E-state index in [9.17, 15) is 0 Å². The van der Waals surface area contributed by atoms with Crippen molar-refractivity contribution in [2.24, 2.45) is 5.73 Å². The highest BCUT2D eigenvalue weighted by molar-refractivity contribution is 4.76. The van der Waals surface area contributed by atoms with Gasteiger partial charge in [-0.25, -0.2) is 0 Å². The van der Waals surface area contributed by atoms with Crippen LogP contribution in [0.3, 0.4) is 0 Å². The second kappa shape index (κ2) is 10.6. The van der Waals surface area contributed by atoms with Crippen LogP contribution in [0.4, 0.5) is 0 Å². The molecule has 0 spiro atoms. The lowest BCUT2D eigenvalue weighted by Crippen LogP contribution is -2.39. The molecule has 1 saturated heterocycles. The Labute approximate surface area is 119 Å². The summed E-state index contributed by atoms with van der Waals surface area (Å²) in [7, 11) is 0. The molecule has 1 aliphatic heterocycles. The zero-order valence-electron chi connectivity index (χ0n) is 12.9. The first kappa shape index (κ1) is 16.9. The van der Waals surface area contributed by atoms with Gasteiger partial charge in [-0.1, -0.05) is 6.92 Å². The molecule has 1 unspecified atom stereocenters. The Hall–Kier alpha value is -0.160. The monoisotopic (exact) mass is 271 g/mol. The summed E-state index contributed by atoms with van der Waals surface area (Å²) >= 11 is 0. The Morgan fingerprint density at radius 2 is 2.00 bits per heavy atom. The molecular formula is C15H33N3O. The van der Waals surface area contributed by atoms with Crippen molar-refractivity contribution in [3.05, 3.63) is 0 Å². The molecule has 1 fully saturated rings. The van der Waals surface area contributed by atoms with Crippen LogP contribution < -0.4 is 5.73 Å². The zero-order chi connectivity index (χ0) is 13.9. The van der Waals surface area contributed by atoms with Gasteiger partial charge in [-0.15, -0.1) is 0 Å². The minimum Gasteiger partial charge on any atom is -0.382 e. The summed E-state index contributed by atoms with van der Waals surface area (Å²) in [4.78, 5) is 5.24. The first-order valence-electron chi connectivity index (χ1n) is 8.06. The smallest absolute Gasteiger partial charge is 0.0478 e. The van der Waals surface area contributed by atoms with Crippen LogP contribution in [-0.2, 0) is 4.74 Å². The number of hydrogen-bond acceptors (Lipinski definition) is 4. The molecular weight excluding hydrogens is 238 g/mol. The van der Waals surface area contributed by atoms with Crippen molar-refractivity contribution in [1.82, 2.24) is 9.80 Å². The van der Waals surface area contributed by atoms with Gasteiger partial charge in [-0.2, -0.15) is 0 Å². The fourth-order valence-electron chi connectivity index (χ4n) is 2.95. The first-order valence-corrected chi connectivity index (χ1v) is 8.06. The highest BCUT2D eigenvalue weighted by Crippen LogP contribution is 2.12. The van der Waals surface area contributed by atoms with Gasteiger partial charge in [0.1, 0.15) is 0 Å². The number of nitrogens with two attached hydrogens (primary N) is 1. The predicted molar refractivity (Wildman–Crippen MR) is 81.5 cm³/mol. The average molecular weight is 271 g/mol. The second-order valence-corrected chi connectivity index (χ2v) is 5.42. The Bertz CT molecular complexity index is 214. The molecule has 114 valence electrons. The van der Waals surface area contributed by atoms with Gasteiger partial charge in [0.05, 0.1) is 0 Å². The molecule has 0 aromatic carbocycles. The minimum atomic E-state index is 0.688. The summed E-state index contributed by atoms with van der Waals surface area (Å²) in [5, 5.41) is 0. The van der Waals surface area contributed by atoms with Crippen molar-refractivity contribution in [3.8, 4) is 0 Å². The van der Waals surface area contributed by atoms with Gasteiger partial charge < -0.3 is 15.4 Å². The lowest BCUT2D eigenvalue weighted by atomic mass is 10.1. The van der Waals surface area contributed by atoms with Crippen molar-refractivity contribution < 1.29 is 4.74 Å². The molecule has 1 heterocycles. The first-order chi connectivity index (χ1) is 9.31. The molecule has 4 heteroatoms. The van der Waals surface area contributed by atoms with Crippen molar-refractivity contribution >= 4 is 0 Å². The van der Waals surface area contributed by atoms with Crippen LogP contribution in [0.5, 0.6) is 0 Å². The molecule has 2 N–H and O–H groups in total. The second-order valence-electron chi connectivity index (χ2n) is 5.42. The Kier molecular flexibility index (Phi) is 9.43. The van der Waals surface area contributed by atoms with Crippen LogP contribution in [0.2, 0.25) is 0 Å². The maximum absolute atomic E-state index is 5.72. The van der Waals surface area contributed by atoms with E-state index in [0.29, 0.717) is 6.04 Å². The van der Waals surface area contributed by atoms with E-state index in [0.717, 1.165) is 32.6 Å². The fourth-order valence-corrected chi connectivity index (χ4v) is 2.95. The normalized spacial score (nSPS) is 20.4. The van der Waals surface area contributed by atoms with Gasteiger partial charge in [0.15, 0.2) is 0 Å². The summed E-state index contributed by atoms with van der Waals surface area (Å²) in [6.07, 6.45) is 4.81. The highest BCUT2D eigenvalue weighted by Gasteiger charge is 2.20. The molecule has 0 aromatic rings. The average Bonchev–Trinajstić information content (AvgIpc) is 2.66. The van der Waals surface area contributed by atoms with E-state index in [4.69, 9.17) is 10.5 Å². The van der Waals surface area contributed by atoms with E-state index in [1.165, 1.54) is 45.6 Å². The lowest BCUT2D eigenvalue weighted by Gasteiger charge is -2.29. The van der Waals surface area contributed by atoms with Crippen molar-refractivity contribution in [1.29, 1.82) is 0 Å². The molecule has 1 rings (SSSR count). The maximum Gasteiger partial charge on any atom is 0.0478 e. The van der Waals surface area contributed by atoms with Gasteiger partial charge in [0.25, 0.3) is 0 Å². The Morgan fingerprint density at radius 1 is 1.16 bits per heavy atom. The van der Waals surface area contributed by atoms with E-state index >= 15 is 0 Å². The summed E-state index contributed by atoms with van der Waals surface area (Å²) in [6.45, 7) is 13.0. The molecule has 0 amide bonds. The van der Waals surface area contributed by atoms with Crippen LogP contribution in [0.25, 0.3) is 0 Å². The lowest BCUT2D eigenvalue weighted by molar-refractivity contribution is 0.131. The third-order valence-corrected chi connectivity index (χ3v) is 4.08. The van der Waals surface area contributed by atoms with E-state index in [1.807, 2.05) is 0 Å². The molecule has 0 saturated carbocycles. The maximum atomic E-state index is 5.72. The van der Waals surface area contributed by atoms with Gasteiger partial charge in [0.2, 0.25) is 0 Å². The van der Waals surface area contributed by atoms with Crippen LogP contribution >= 0.6 is 0 Å². The van der Waals surface area contributed by atoms with Crippen LogP contribution in [0.15, 0.2) is 0 Å². The van der Waals surface area contributed by atoms with Crippen LogP contribution in [0, 0.1) is 0 Å². The molecule has 0 radical (unpaired) electrons. The molecule has 0 aliphatic carbocycles. The van der Waals surface area contributed by atoms with Crippen LogP contribution in [-0.4, -0.2) is 68.3 Å². The Balaban J connectivity index is 2.26. The summed E-state index contributed by atoms with van der Waals surface area (Å²) in [6, 6.07) is 0.688. The highest BCUT2D eigenvalue weighted by atomic mass is 16.5. The standard InChI is InChI=1S/C15H33N3O/c1-3-15(7-8-16)18-11-5-9-17(12-13-18)10-6-14-19-4-2/h15H,3-14,16H2,1-2H3. The number of hydrogen-bond donors (Lipinski definition) is 1. The molecule has 0 aromatic heterocycles. The van der Waals surface area contributed by atoms with Crippen molar-refractivity contribution in [3.63, 3.8) is 0 Å². The topological polar surface area (TPSA) is 41.7 Å². The van der Waals surface area contributed by atoms with Gasteiger partial charge in [0, 0.05) is 38.9 Å². The Morgan fingerprint density at radius 3 is 2.68 bits per heavy atom. The summed E-state index contributed by atoms with van der Waals surface area (Å²) in [5.41, 5.74) is 5.72. The SMILES string of the molecule is CCOCCCN1CCCN(C(CC)CCN)CC1. The zero-order valence-corrected chi connectivity index (χ0v) is 12.9. The fraction of sp³-hybridized carbons (Fsp3) is 1.00. The van der Waals surface area contributed by atoms with E-state index in [2.05, 4.69) is 23.6 Å². The summed E-state index contributed by atoms with van der Waals surface area (Å²) < 4.78 is 5.41. The van der Waals surface area contributed by atoms with E-state index in [1.54, 1.807) is 0 Å². The van der Waals surface area contributed by atoms with E-state index in [-0.39, 0.29) is 0 Å². The largest absolute Gasteiger partial charge is 0.382 e. The third kappa shape index (κ3) is 6.70. The molecule has 19 heavy (non-hydrogen) atoms. The van der Waals surface area contributed by atoms with Crippen molar-refractivity contribution in [2.75, 3.05) is 52.5 Å². The van der Waals surface area contributed by atoms with Gasteiger partial charge in [-0.05, 0) is 52.2 Å². The van der Waals surface area contributed by atoms with Gasteiger partial charge in [-0.3, -0.25) is 4.90 Å². The number of nitrogens with zero attached hydrogens (tertiary/aromatic N) is 2. The quantitative estimate of drug-likeness (QED) is 0.646. The molecule has 0 bridgehead atoms. The molecule has 1 atom stereocenters. The third-order valence-electron chi connectivity index (χ3n) is 4.08. The van der Waals surface area contributed by atoms with Gasteiger partial charge >= 0.3 is 0 Å². The summed E-state index contributed by atoms with van der Waals surface area (Å²) in [5.74, 6) is 0. The number of rotatable bonds is 9. The minimum absolute atomic E-state index is 0.688. The number of ether oxygens (including phenoxy) is 1. The van der Waals surface area contributed by atoms with Crippen molar-refractivity contribution in [2.45, 2.75) is 45.6 Å². The molecule has 4 nitrogen and oxygen atoms in total. The molecule has 1 aliphatic rings.